The summed E-state index contributed by atoms with van der Waals surface area (Å²) in [4.78, 5) is 0. The molecular weight excluding hydrogens is 330 g/mol. The maximum atomic E-state index is 11.7. The highest BCUT2D eigenvalue weighted by Crippen LogP contribution is 2.43. The molecule has 1 saturated heterocycles. The SMILES string of the molecule is Cc1cc(C(O)C2(CN)CCS(=O)(=O)C2)ccc1Br. The van der Waals surface area contributed by atoms with Crippen molar-refractivity contribution in [2.45, 2.75) is 19.4 Å². The topological polar surface area (TPSA) is 80.4 Å². The van der Waals surface area contributed by atoms with E-state index in [1.54, 1.807) is 0 Å². The molecule has 1 aromatic rings. The fraction of sp³-hybridized carbons (Fsp3) is 0.538. The third kappa shape index (κ3) is 2.86. The van der Waals surface area contributed by atoms with Crippen LogP contribution in [-0.4, -0.2) is 31.6 Å². The first-order valence-corrected chi connectivity index (χ1v) is 8.76. The van der Waals surface area contributed by atoms with E-state index in [2.05, 4.69) is 15.9 Å². The number of halogens is 1. The third-order valence-corrected chi connectivity index (χ3v) is 6.63. The minimum atomic E-state index is -3.09. The largest absolute Gasteiger partial charge is 0.388 e. The van der Waals surface area contributed by atoms with Crippen LogP contribution in [0.3, 0.4) is 0 Å². The first kappa shape index (κ1) is 15.0. The molecule has 106 valence electrons. The number of hydrogen-bond donors (Lipinski definition) is 2. The lowest BCUT2D eigenvalue weighted by Crippen LogP contribution is -2.38. The van der Waals surface area contributed by atoms with Gasteiger partial charge in [0.15, 0.2) is 9.84 Å². The average molecular weight is 348 g/mol. The van der Waals surface area contributed by atoms with E-state index in [4.69, 9.17) is 5.73 Å². The minimum absolute atomic E-state index is 0.0349. The Bertz CT molecular complexity index is 588. The van der Waals surface area contributed by atoms with E-state index in [1.807, 2.05) is 25.1 Å². The van der Waals surface area contributed by atoms with Gasteiger partial charge in [0.25, 0.3) is 0 Å². The van der Waals surface area contributed by atoms with Gasteiger partial charge < -0.3 is 10.8 Å². The molecule has 0 spiro atoms. The molecule has 1 aliphatic heterocycles. The summed E-state index contributed by atoms with van der Waals surface area (Å²) in [5.74, 6) is 0.0730. The zero-order valence-corrected chi connectivity index (χ0v) is 13.2. The molecule has 0 amide bonds. The van der Waals surface area contributed by atoms with Crippen molar-refractivity contribution in [3.8, 4) is 0 Å². The zero-order valence-electron chi connectivity index (χ0n) is 10.8. The van der Waals surface area contributed by atoms with Crippen molar-refractivity contribution in [1.82, 2.24) is 0 Å². The van der Waals surface area contributed by atoms with Gasteiger partial charge in [-0.25, -0.2) is 8.42 Å². The molecule has 2 unspecified atom stereocenters. The van der Waals surface area contributed by atoms with Crippen molar-refractivity contribution in [3.63, 3.8) is 0 Å². The van der Waals surface area contributed by atoms with Crippen molar-refractivity contribution in [2.24, 2.45) is 11.1 Å². The van der Waals surface area contributed by atoms with Crippen LogP contribution in [0.5, 0.6) is 0 Å². The zero-order chi connectivity index (χ0) is 14.3. The van der Waals surface area contributed by atoms with Gasteiger partial charge >= 0.3 is 0 Å². The number of nitrogens with two attached hydrogens (primary N) is 1. The molecule has 6 heteroatoms. The van der Waals surface area contributed by atoms with Crippen LogP contribution in [0.4, 0.5) is 0 Å². The fourth-order valence-electron chi connectivity index (χ4n) is 2.62. The molecule has 0 aliphatic carbocycles. The molecule has 4 nitrogen and oxygen atoms in total. The predicted molar refractivity (Wildman–Crippen MR) is 78.6 cm³/mol. The molecular formula is C13H18BrNO3S. The van der Waals surface area contributed by atoms with Gasteiger partial charge in [0.05, 0.1) is 17.6 Å². The second-order valence-corrected chi connectivity index (χ2v) is 8.36. The molecule has 1 aromatic carbocycles. The van der Waals surface area contributed by atoms with Crippen LogP contribution in [0.25, 0.3) is 0 Å². The van der Waals surface area contributed by atoms with E-state index >= 15 is 0 Å². The lowest BCUT2D eigenvalue weighted by Gasteiger charge is -2.32. The minimum Gasteiger partial charge on any atom is -0.388 e. The number of aliphatic hydroxyl groups excluding tert-OH is 1. The van der Waals surface area contributed by atoms with Gasteiger partial charge in [-0.05, 0) is 30.5 Å². The van der Waals surface area contributed by atoms with Gasteiger partial charge in [-0.3, -0.25) is 0 Å². The molecule has 0 saturated carbocycles. The van der Waals surface area contributed by atoms with Crippen LogP contribution in [0.2, 0.25) is 0 Å². The summed E-state index contributed by atoms with van der Waals surface area (Å²) in [5.41, 5.74) is 6.74. The Hall–Kier alpha value is -0.430. The van der Waals surface area contributed by atoms with Crippen LogP contribution in [-0.2, 0) is 9.84 Å². The van der Waals surface area contributed by atoms with Crippen LogP contribution in [0, 0.1) is 12.3 Å². The van der Waals surface area contributed by atoms with Gasteiger partial charge in [0, 0.05) is 16.4 Å². The Labute approximate surface area is 122 Å². The smallest absolute Gasteiger partial charge is 0.151 e. The van der Waals surface area contributed by atoms with Crippen LogP contribution >= 0.6 is 15.9 Å². The van der Waals surface area contributed by atoms with Crippen LogP contribution < -0.4 is 5.73 Å². The van der Waals surface area contributed by atoms with Crippen molar-refractivity contribution in [1.29, 1.82) is 0 Å². The third-order valence-electron chi connectivity index (χ3n) is 3.90. The maximum Gasteiger partial charge on any atom is 0.151 e. The Morgan fingerprint density at radius 2 is 2.21 bits per heavy atom. The summed E-state index contributed by atoms with van der Waals surface area (Å²) in [6.45, 7) is 2.10. The van der Waals surface area contributed by atoms with E-state index in [-0.39, 0.29) is 18.1 Å². The van der Waals surface area contributed by atoms with E-state index in [9.17, 15) is 13.5 Å². The quantitative estimate of drug-likeness (QED) is 0.869. The number of aryl methyl sites for hydroxylation is 1. The van der Waals surface area contributed by atoms with Gasteiger partial charge in [0.1, 0.15) is 0 Å². The Balaban J connectivity index is 2.36. The average Bonchev–Trinajstić information content (AvgIpc) is 2.69. The summed E-state index contributed by atoms with van der Waals surface area (Å²) in [6.07, 6.45) is -0.427. The predicted octanol–water partition coefficient (Wildman–Crippen LogP) is 1.55. The second kappa shape index (κ2) is 5.16. The summed E-state index contributed by atoms with van der Waals surface area (Å²) in [7, 11) is -3.09. The molecule has 1 aliphatic rings. The van der Waals surface area contributed by atoms with Crippen LogP contribution in [0.15, 0.2) is 22.7 Å². The second-order valence-electron chi connectivity index (χ2n) is 5.32. The van der Waals surface area contributed by atoms with Gasteiger partial charge in [-0.1, -0.05) is 28.1 Å². The number of rotatable bonds is 3. The Kier molecular flexibility index (Phi) is 4.07. The lowest BCUT2D eigenvalue weighted by atomic mass is 9.78. The molecule has 19 heavy (non-hydrogen) atoms. The number of hydrogen-bond acceptors (Lipinski definition) is 4. The molecule has 0 aromatic heterocycles. The van der Waals surface area contributed by atoms with Gasteiger partial charge in [-0.2, -0.15) is 0 Å². The Morgan fingerprint density at radius 3 is 2.68 bits per heavy atom. The van der Waals surface area contributed by atoms with Gasteiger partial charge in [-0.15, -0.1) is 0 Å². The lowest BCUT2D eigenvalue weighted by molar-refractivity contribution is 0.0471. The highest BCUT2D eigenvalue weighted by atomic mass is 79.9. The monoisotopic (exact) mass is 347 g/mol. The number of sulfone groups is 1. The molecule has 0 radical (unpaired) electrons. The molecule has 2 atom stereocenters. The Morgan fingerprint density at radius 1 is 1.53 bits per heavy atom. The molecule has 1 fully saturated rings. The normalized spacial score (nSPS) is 27.4. The van der Waals surface area contributed by atoms with Crippen molar-refractivity contribution >= 4 is 25.8 Å². The van der Waals surface area contributed by atoms with E-state index < -0.39 is 21.4 Å². The summed E-state index contributed by atoms with van der Waals surface area (Å²) in [5, 5.41) is 10.6. The molecule has 3 N–H and O–H groups in total. The first-order chi connectivity index (χ1) is 8.80. The summed E-state index contributed by atoms with van der Waals surface area (Å²) < 4.78 is 24.3. The van der Waals surface area contributed by atoms with Crippen molar-refractivity contribution in [3.05, 3.63) is 33.8 Å². The number of benzene rings is 1. The highest BCUT2D eigenvalue weighted by molar-refractivity contribution is 9.10. The van der Waals surface area contributed by atoms with Crippen molar-refractivity contribution in [2.75, 3.05) is 18.1 Å². The maximum absolute atomic E-state index is 11.7. The van der Waals surface area contributed by atoms with E-state index in [0.29, 0.717) is 6.42 Å². The van der Waals surface area contributed by atoms with E-state index in [0.717, 1.165) is 15.6 Å². The fourth-order valence-corrected chi connectivity index (χ4v) is 5.03. The van der Waals surface area contributed by atoms with Crippen LogP contribution in [0.1, 0.15) is 23.7 Å². The van der Waals surface area contributed by atoms with E-state index in [1.165, 1.54) is 0 Å². The van der Waals surface area contributed by atoms with Crippen molar-refractivity contribution < 1.29 is 13.5 Å². The molecule has 0 bridgehead atoms. The standard InChI is InChI=1S/C13H18BrNO3S/c1-9-6-10(2-3-11(9)14)12(16)13(7-15)4-5-19(17,18)8-13/h2-3,6,12,16H,4-5,7-8,15H2,1H3. The summed E-state index contributed by atoms with van der Waals surface area (Å²) >= 11 is 3.41. The molecule has 2 rings (SSSR count). The first-order valence-electron chi connectivity index (χ1n) is 6.14. The van der Waals surface area contributed by atoms with Gasteiger partial charge in [0.2, 0.25) is 0 Å². The molecule has 1 heterocycles. The summed E-state index contributed by atoms with van der Waals surface area (Å²) in [6, 6.07) is 5.54. The number of aliphatic hydroxyl groups is 1. The highest BCUT2D eigenvalue weighted by Gasteiger charge is 2.46.